The van der Waals surface area contributed by atoms with E-state index in [1.165, 1.54) is 16.7 Å². The van der Waals surface area contributed by atoms with Gasteiger partial charge in [-0.2, -0.15) is 0 Å². The first-order chi connectivity index (χ1) is 10.8. The zero-order chi connectivity index (χ0) is 15.4. The molecule has 0 saturated heterocycles. The quantitative estimate of drug-likeness (QED) is 0.921. The van der Waals surface area contributed by atoms with Crippen LogP contribution in [0, 0.1) is 0 Å². The van der Waals surface area contributed by atoms with Crippen molar-refractivity contribution < 1.29 is 9.47 Å². The fourth-order valence-corrected chi connectivity index (χ4v) is 2.85. The monoisotopic (exact) mass is 297 g/mol. The summed E-state index contributed by atoms with van der Waals surface area (Å²) in [5.41, 5.74) is 9.92. The van der Waals surface area contributed by atoms with E-state index in [0.29, 0.717) is 25.7 Å². The maximum atomic E-state index is 6.01. The van der Waals surface area contributed by atoms with Gasteiger partial charge in [-0.25, -0.2) is 0 Å². The van der Waals surface area contributed by atoms with Crippen molar-refractivity contribution in [2.24, 2.45) is 5.73 Å². The number of fused-ring (bicyclic) bond motifs is 1. The van der Waals surface area contributed by atoms with E-state index in [2.05, 4.69) is 43.3 Å². The molecule has 3 rings (SSSR count). The summed E-state index contributed by atoms with van der Waals surface area (Å²) in [6.07, 6.45) is 2.02. The minimum absolute atomic E-state index is 0.295. The normalized spacial score (nSPS) is 14.6. The molecular formula is C19H23NO2. The molecule has 2 aromatic rings. The number of benzene rings is 2. The first-order valence-corrected chi connectivity index (χ1v) is 7.97. The van der Waals surface area contributed by atoms with Crippen LogP contribution in [0.25, 0.3) is 0 Å². The molecule has 0 aliphatic carbocycles. The van der Waals surface area contributed by atoms with Crippen LogP contribution in [0.4, 0.5) is 0 Å². The van der Waals surface area contributed by atoms with E-state index in [1.54, 1.807) is 0 Å². The lowest BCUT2D eigenvalue weighted by atomic mass is 9.91. The molecule has 1 atom stereocenters. The number of hydrogen-bond acceptors (Lipinski definition) is 3. The number of hydrogen-bond donors (Lipinski definition) is 1. The number of aryl methyl sites for hydroxylation is 1. The molecule has 3 nitrogen and oxygen atoms in total. The minimum atomic E-state index is 0.295. The Balaban J connectivity index is 1.78. The van der Waals surface area contributed by atoms with E-state index in [1.807, 2.05) is 6.07 Å². The highest BCUT2D eigenvalue weighted by Crippen LogP contribution is 2.33. The summed E-state index contributed by atoms with van der Waals surface area (Å²) in [5, 5.41) is 0. The van der Waals surface area contributed by atoms with E-state index < -0.39 is 0 Å². The van der Waals surface area contributed by atoms with Gasteiger partial charge in [0, 0.05) is 5.92 Å². The average Bonchev–Trinajstić information content (AvgIpc) is 2.59. The fourth-order valence-electron chi connectivity index (χ4n) is 2.85. The molecule has 1 heterocycles. The van der Waals surface area contributed by atoms with Gasteiger partial charge in [0.15, 0.2) is 11.5 Å². The Kier molecular flexibility index (Phi) is 4.64. The summed E-state index contributed by atoms with van der Waals surface area (Å²) >= 11 is 0. The Morgan fingerprint density at radius 3 is 2.32 bits per heavy atom. The SMILES string of the molecule is CCc1ccc(CC(CN)c2ccc3c(c2)OCCO3)cc1. The van der Waals surface area contributed by atoms with Crippen molar-refractivity contribution in [1.29, 1.82) is 0 Å². The fraction of sp³-hybridized carbons (Fsp3) is 0.368. The third-order valence-corrected chi connectivity index (χ3v) is 4.24. The summed E-state index contributed by atoms with van der Waals surface area (Å²) < 4.78 is 11.3. The predicted molar refractivity (Wildman–Crippen MR) is 88.8 cm³/mol. The van der Waals surface area contributed by atoms with E-state index in [0.717, 1.165) is 24.3 Å². The second kappa shape index (κ2) is 6.84. The van der Waals surface area contributed by atoms with Gasteiger partial charge in [0.1, 0.15) is 13.2 Å². The summed E-state index contributed by atoms with van der Waals surface area (Å²) in [5.74, 6) is 1.96. The second-order valence-electron chi connectivity index (χ2n) is 5.71. The van der Waals surface area contributed by atoms with Gasteiger partial charge in [0.2, 0.25) is 0 Å². The average molecular weight is 297 g/mol. The Hall–Kier alpha value is -2.00. The molecule has 0 fully saturated rings. The van der Waals surface area contributed by atoms with Crippen LogP contribution in [-0.2, 0) is 12.8 Å². The van der Waals surface area contributed by atoms with Crippen LogP contribution in [0.1, 0.15) is 29.5 Å². The number of rotatable bonds is 5. The predicted octanol–water partition coefficient (Wildman–Crippen LogP) is 3.31. The Morgan fingerprint density at radius 2 is 1.64 bits per heavy atom. The topological polar surface area (TPSA) is 44.5 Å². The molecule has 1 aliphatic rings. The van der Waals surface area contributed by atoms with Gasteiger partial charge in [-0.3, -0.25) is 0 Å². The Morgan fingerprint density at radius 1 is 0.955 bits per heavy atom. The zero-order valence-electron chi connectivity index (χ0n) is 13.0. The van der Waals surface area contributed by atoms with Crippen molar-refractivity contribution in [3.63, 3.8) is 0 Å². The Bertz CT molecular complexity index is 622. The lowest BCUT2D eigenvalue weighted by Crippen LogP contribution is -2.18. The van der Waals surface area contributed by atoms with Crippen LogP contribution in [0.3, 0.4) is 0 Å². The summed E-state index contributed by atoms with van der Waals surface area (Å²) in [6.45, 7) is 4.03. The van der Waals surface area contributed by atoms with Crippen LogP contribution < -0.4 is 15.2 Å². The molecule has 0 aromatic heterocycles. The summed E-state index contributed by atoms with van der Waals surface area (Å²) in [4.78, 5) is 0. The smallest absolute Gasteiger partial charge is 0.161 e. The van der Waals surface area contributed by atoms with E-state index in [4.69, 9.17) is 15.2 Å². The van der Waals surface area contributed by atoms with Crippen molar-refractivity contribution in [3.8, 4) is 11.5 Å². The van der Waals surface area contributed by atoms with Gasteiger partial charge < -0.3 is 15.2 Å². The summed E-state index contributed by atoms with van der Waals surface area (Å²) in [6, 6.07) is 15.0. The van der Waals surface area contributed by atoms with Gasteiger partial charge in [-0.15, -0.1) is 0 Å². The van der Waals surface area contributed by atoms with E-state index >= 15 is 0 Å². The van der Waals surface area contributed by atoms with Crippen LogP contribution in [0.15, 0.2) is 42.5 Å². The van der Waals surface area contributed by atoms with Gasteiger partial charge in [0.05, 0.1) is 0 Å². The first-order valence-electron chi connectivity index (χ1n) is 7.97. The largest absolute Gasteiger partial charge is 0.486 e. The molecule has 2 N–H and O–H groups in total. The van der Waals surface area contributed by atoms with Gasteiger partial charge in [-0.05, 0) is 48.2 Å². The highest BCUT2D eigenvalue weighted by molar-refractivity contribution is 5.45. The first kappa shape index (κ1) is 14.9. The van der Waals surface area contributed by atoms with Crippen molar-refractivity contribution in [3.05, 3.63) is 59.2 Å². The lowest BCUT2D eigenvalue weighted by Gasteiger charge is -2.21. The van der Waals surface area contributed by atoms with Crippen LogP contribution >= 0.6 is 0 Å². The van der Waals surface area contributed by atoms with Crippen molar-refractivity contribution in [1.82, 2.24) is 0 Å². The number of ether oxygens (including phenoxy) is 2. The molecule has 1 aliphatic heterocycles. The summed E-state index contributed by atoms with van der Waals surface area (Å²) in [7, 11) is 0. The van der Waals surface area contributed by atoms with Crippen LogP contribution in [0.5, 0.6) is 11.5 Å². The van der Waals surface area contributed by atoms with Crippen LogP contribution in [-0.4, -0.2) is 19.8 Å². The van der Waals surface area contributed by atoms with E-state index in [9.17, 15) is 0 Å². The van der Waals surface area contributed by atoms with Gasteiger partial charge >= 0.3 is 0 Å². The third kappa shape index (κ3) is 3.25. The van der Waals surface area contributed by atoms with Crippen molar-refractivity contribution in [2.75, 3.05) is 19.8 Å². The standard InChI is InChI=1S/C19H23NO2/c1-2-14-3-5-15(6-4-14)11-17(13-20)16-7-8-18-19(12-16)22-10-9-21-18/h3-8,12,17H,2,9-11,13,20H2,1H3. The molecule has 22 heavy (non-hydrogen) atoms. The van der Waals surface area contributed by atoms with Crippen LogP contribution in [0.2, 0.25) is 0 Å². The molecule has 3 heteroatoms. The van der Waals surface area contributed by atoms with Gasteiger partial charge in [0.25, 0.3) is 0 Å². The van der Waals surface area contributed by atoms with Crippen molar-refractivity contribution >= 4 is 0 Å². The minimum Gasteiger partial charge on any atom is -0.486 e. The molecule has 0 saturated carbocycles. The number of nitrogens with two attached hydrogens (primary N) is 1. The lowest BCUT2D eigenvalue weighted by molar-refractivity contribution is 0.171. The van der Waals surface area contributed by atoms with Crippen molar-refractivity contribution in [2.45, 2.75) is 25.7 Å². The molecule has 0 spiro atoms. The molecule has 116 valence electrons. The molecule has 1 unspecified atom stereocenters. The zero-order valence-corrected chi connectivity index (χ0v) is 13.0. The molecular weight excluding hydrogens is 274 g/mol. The maximum Gasteiger partial charge on any atom is 0.161 e. The second-order valence-corrected chi connectivity index (χ2v) is 5.71. The highest BCUT2D eigenvalue weighted by Gasteiger charge is 2.16. The molecule has 2 aromatic carbocycles. The van der Waals surface area contributed by atoms with Gasteiger partial charge in [-0.1, -0.05) is 37.3 Å². The Labute approximate surface area is 132 Å². The molecule has 0 radical (unpaired) electrons. The third-order valence-electron chi connectivity index (χ3n) is 4.24. The van der Waals surface area contributed by atoms with E-state index in [-0.39, 0.29) is 0 Å². The molecule has 0 amide bonds. The molecule has 0 bridgehead atoms. The maximum absolute atomic E-state index is 6.01. The highest BCUT2D eigenvalue weighted by atomic mass is 16.6.